The van der Waals surface area contributed by atoms with Crippen LogP contribution in [0, 0.1) is 0 Å². The summed E-state index contributed by atoms with van der Waals surface area (Å²) in [6, 6.07) is 13.9. The predicted molar refractivity (Wildman–Crippen MR) is 61.7 cm³/mol. The Labute approximate surface area is 96.0 Å². The van der Waals surface area contributed by atoms with Crippen LogP contribution in [-0.4, -0.2) is 13.7 Å². The summed E-state index contributed by atoms with van der Waals surface area (Å²) in [5, 5.41) is 0. The molecule has 0 saturated carbocycles. The van der Waals surface area contributed by atoms with E-state index >= 15 is 0 Å². The van der Waals surface area contributed by atoms with Gasteiger partial charge in [-0.25, -0.2) is 4.98 Å². The second-order valence-electron chi connectivity index (χ2n) is 3.03. The first-order valence-corrected chi connectivity index (χ1v) is 5.68. The maximum absolute atomic E-state index is 11.2. The molecule has 5 heteroatoms. The van der Waals surface area contributed by atoms with Crippen LogP contribution >= 0.6 is 0 Å². The van der Waals surface area contributed by atoms with Gasteiger partial charge in [0.15, 0.2) is 0 Å². The Hall–Kier alpha value is -1.72. The molecular weight excluding hydrogens is 224 g/mol. The minimum atomic E-state index is -2.38. The van der Waals surface area contributed by atoms with E-state index in [1.807, 2.05) is 6.07 Å². The molecule has 2 aromatic rings. The smallest absolute Gasteiger partial charge is 0.144 e. The number of benzene rings is 1. The Balaban J connectivity index is 2.44. The third-order valence-corrected chi connectivity index (χ3v) is 2.69. The van der Waals surface area contributed by atoms with Gasteiger partial charge in [-0.1, -0.05) is 24.3 Å². The second kappa shape index (κ2) is 4.87. The highest BCUT2D eigenvalue weighted by atomic mass is 32.2. The summed E-state index contributed by atoms with van der Waals surface area (Å²) < 4.78 is 23.5. The van der Waals surface area contributed by atoms with E-state index < -0.39 is 11.3 Å². The first kappa shape index (κ1) is 10.8. The Bertz CT molecular complexity index is 436. The number of nitrogens with zero attached hydrogens (tertiary/aromatic N) is 2. The Kier molecular flexibility index (Phi) is 3.28. The van der Waals surface area contributed by atoms with Crippen molar-refractivity contribution in [3.8, 4) is 0 Å². The average molecular weight is 233 g/mol. The molecule has 1 atom stereocenters. The number of pyridine rings is 1. The molecule has 0 aliphatic carbocycles. The molecule has 2 rings (SSSR count). The Morgan fingerprint density at radius 2 is 1.75 bits per heavy atom. The standard InChI is InChI=1S/C11H10N2O2S/c14-16(15)13(10-6-2-1-3-7-10)11-8-4-5-9-12-11/h1-9H,(H,14,15)/p-1. The highest BCUT2D eigenvalue weighted by Crippen LogP contribution is 2.23. The van der Waals surface area contributed by atoms with Crippen LogP contribution in [-0.2, 0) is 11.3 Å². The molecule has 1 aromatic carbocycles. The zero-order valence-corrected chi connectivity index (χ0v) is 9.13. The van der Waals surface area contributed by atoms with E-state index in [1.165, 1.54) is 0 Å². The summed E-state index contributed by atoms with van der Waals surface area (Å²) in [5.41, 5.74) is 0.564. The van der Waals surface area contributed by atoms with Crippen molar-refractivity contribution in [3.05, 3.63) is 54.7 Å². The van der Waals surface area contributed by atoms with Gasteiger partial charge in [-0.2, -0.15) is 0 Å². The molecule has 0 N–H and O–H groups in total. The van der Waals surface area contributed by atoms with Crippen LogP contribution in [0.2, 0.25) is 0 Å². The molecule has 1 aromatic heterocycles. The van der Waals surface area contributed by atoms with Gasteiger partial charge in [0, 0.05) is 6.20 Å². The van der Waals surface area contributed by atoms with E-state index in [0.29, 0.717) is 11.5 Å². The fraction of sp³-hybridized carbons (Fsp3) is 0. The van der Waals surface area contributed by atoms with Crippen molar-refractivity contribution in [1.29, 1.82) is 0 Å². The molecule has 0 aliphatic heterocycles. The highest BCUT2D eigenvalue weighted by molar-refractivity contribution is 7.81. The van der Waals surface area contributed by atoms with Crippen molar-refractivity contribution >= 4 is 22.8 Å². The van der Waals surface area contributed by atoms with E-state index in [4.69, 9.17) is 0 Å². The van der Waals surface area contributed by atoms with Gasteiger partial charge in [0.2, 0.25) is 0 Å². The summed E-state index contributed by atoms with van der Waals surface area (Å²) in [4.78, 5) is 4.01. The van der Waals surface area contributed by atoms with Crippen LogP contribution in [0.4, 0.5) is 11.5 Å². The molecule has 0 fully saturated rings. The van der Waals surface area contributed by atoms with Gasteiger partial charge >= 0.3 is 0 Å². The molecular formula is C11H9N2O2S-. The zero-order chi connectivity index (χ0) is 11.4. The fourth-order valence-electron chi connectivity index (χ4n) is 1.33. The van der Waals surface area contributed by atoms with Crippen LogP contribution in [0.3, 0.4) is 0 Å². The van der Waals surface area contributed by atoms with E-state index in [9.17, 15) is 8.76 Å². The first-order valence-electron chi connectivity index (χ1n) is 4.64. The van der Waals surface area contributed by atoms with Gasteiger partial charge in [0.05, 0.1) is 17.0 Å². The summed E-state index contributed by atoms with van der Waals surface area (Å²) >= 11 is -2.38. The maximum Gasteiger partial charge on any atom is 0.144 e. The zero-order valence-electron chi connectivity index (χ0n) is 8.32. The molecule has 4 nitrogen and oxygen atoms in total. The number of hydrogen-bond donors (Lipinski definition) is 0. The van der Waals surface area contributed by atoms with E-state index in [1.54, 1.807) is 48.7 Å². The van der Waals surface area contributed by atoms with Gasteiger partial charge in [0.25, 0.3) is 0 Å². The molecule has 0 saturated heterocycles. The molecule has 0 amide bonds. The predicted octanol–water partition coefficient (Wildman–Crippen LogP) is 2.01. The summed E-state index contributed by atoms with van der Waals surface area (Å²) in [6.07, 6.45) is 1.55. The number of aromatic nitrogens is 1. The summed E-state index contributed by atoms with van der Waals surface area (Å²) in [7, 11) is 0. The Morgan fingerprint density at radius 1 is 1.06 bits per heavy atom. The molecule has 16 heavy (non-hydrogen) atoms. The van der Waals surface area contributed by atoms with Crippen molar-refractivity contribution in [2.75, 3.05) is 4.31 Å². The minimum absolute atomic E-state index is 0.377. The van der Waals surface area contributed by atoms with E-state index in [0.717, 1.165) is 4.31 Å². The lowest BCUT2D eigenvalue weighted by molar-refractivity contribution is 0.537. The number of rotatable bonds is 3. The first-order chi connectivity index (χ1) is 7.79. The fourth-order valence-corrected chi connectivity index (χ4v) is 1.89. The monoisotopic (exact) mass is 233 g/mol. The van der Waals surface area contributed by atoms with Crippen LogP contribution in [0.25, 0.3) is 0 Å². The van der Waals surface area contributed by atoms with Crippen LogP contribution < -0.4 is 4.31 Å². The van der Waals surface area contributed by atoms with Crippen molar-refractivity contribution < 1.29 is 8.76 Å². The van der Waals surface area contributed by atoms with Crippen molar-refractivity contribution in [2.24, 2.45) is 0 Å². The van der Waals surface area contributed by atoms with Crippen molar-refractivity contribution in [3.63, 3.8) is 0 Å². The summed E-state index contributed by atoms with van der Waals surface area (Å²) in [6.45, 7) is 0. The molecule has 1 heterocycles. The normalized spacial score (nSPS) is 12.1. The molecule has 0 bridgehead atoms. The third kappa shape index (κ3) is 2.26. The lowest BCUT2D eigenvalue weighted by Gasteiger charge is -2.24. The largest absolute Gasteiger partial charge is 0.755 e. The van der Waals surface area contributed by atoms with Crippen LogP contribution in [0.15, 0.2) is 54.7 Å². The second-order valence-corrected chi connectivity index (χ2v) is 3.83. The highest BCUT2D eigenvalue weighted by Gasteiger charge is 2.09. The van der Waals surface area contributed by atoms with Gasteiger partial charge in [-0.05, 0) is 24.3 Å². The maximum atomic E-state index is 11.2. The number of hydrogen-bond acceptors (Lipinski definition) is 3. The van der Waals surface area contributed by atoms with Crippen molar-refractivity contribution in [2.45, 2.75) is 0 Å². The lowest BCUT2D eigenvalue weighted by Crippen LogP contribution is -2.20. The molecule has 0 spiro atoms. The molecule has 0 aliphatic rings. The molecule has 1 unspecified atom stereocenters. The summed E-state index contributed by atoms with van der Waals surface area (Å²) in [5.74, 6) is 0.377. The topological polar surface area (TPSA) is 56.3 Å². The molecule has 82 valence electrons. The lowest BCUT2D eigenvalue weighted by atomic mass is 10.3. The SMILES string of the molecule is O=S([O-])N(c1ccccc1)c1ccccn1. The van der Waals surface area contributed by atoms with Crippen molar-refractivity contribution in [1.82, 2.24) is 4.98 Å². The van der Waals surface area contributed by atoms with Crippen LogP contribution in [0.1, 0.15) is 0 Å². The van der Waals surface area contributed by atoms with Crippen LogP contribution in [0.5, 0.6) is 0 Å². The van der Waals surface area contributed by atoms with Gasteiger partial charge < -0.3 is 4.55 Å². The molecule has 0 radical (unpaired) electrons. The Morgan fingerprint density at radius 3 is 2.31 bits per heavy atom. The van der Waals surface area contributed by atoms with Gasteiger partial charge in [0.1, 0.15) is 5.82 Å². The number of para-hydroxylation sites is 1. The average Bonchev–Trinajstić information content (AvgIpc) is 2.31. The van der Waals surface area contributed by atoms with Gasteiger partial charge in [-0.15, -0.1) is 0 Å². The minimum Gasteiger partial charge on any atom is -0.755 e. The van der Waals surface area contributed by atoms with Gasteiger partial charge in [-0.3, -0.25) is 8.51 Å². The van der Waals surface area contributed by atoms with E-state index in [2.05, 4.69) is 4.98 Å². The quantitative estimate of drug-likeness (QED) is 0.762. The number of anilines is 2. The van der Waals surface area contributed by atoms with E-state index in [-0.39, 0.29) is 0 Å². The third-order valence-electron chi connectivity index (χ3n) is 2.00.